The number of carbonyl (C=O) groups excluding carboxylic acids is 1. The molecule has 0 aromatic heterocycles. The van der Waals surface area contributed by atoms with Gasteiger partial charge in [-0.1, -0.05) is 6.92 Å². The number of benzene rings is 1. The minimum absolute atomic E-state index is 0.419. The third-order valence-electron chi connectivity index (χ3n) is 3.55. The largest absolute Gasteiger partial charge is 0.398 e. The standard InChI is InChI=1S/C14H22N2O/c1-5-16(4)10(2)8-13-11(3)12(9-17)6-7-14(13)15/h6-7,9-10H,5,8,15H2,1-4H3. The number of nitrogens with zero attached hydrogens (tertiary/aromatic N) is 1. The second-order valence-electron chi connectivity index (χ2n) is 4.59. The third-order valence-corrected chi connectivity index (χ3v) is 3.55. The second-order valence-corrected chi connectivity index (χ2v) is 4.59. The predicted molar refractivity (Wildman–Crippen MR) is 72.4 cm³/mol. The van der Waals surface area contributed by atoms with Crippen molar-refractivity contribution in [2.24, 2.45) is 0 Å². The molecule has 1 atom stereocenters. The lowest BCUT2D eigenvalue weighted by molar-refractivity contribution is 0.112. The summed E-state index contributed by atoms with van der Waals surface area (Å²) in [5.41, 5.74) is 9.63. The highest BCUT2D eigenvalue weighted by molar-refractivity contribution is 5.79. The first-order valence-electron chi connectivity index (χ1n) is 6.04. The van der Waals surface area contributed by atoms with Gasteiger partial charge in [-0.05, 0) is 57.1 Å². The summed E-state index contributed by atoms with van der Waals surface area (Å²) in [5, 5.41) is 0. The van der Waals surface area contributed by atoms with Crippen LogP contribution in [0.15, 0.2) is 12.1 Å². The van der Waals surface area contributed by atoms with Gasteiger partial charge in [0.1, 0.15) is 6.29 Å². The summed E-state index contributed by atoms with van der Waals surface area (Å²) >= 11 is 0. The molecule has 0 saturated carbocycles. The maximum Gasteiger partial charge on any atom is 0.150 e. The number of carbonyl (C=O) groups is 1. The minimum Gasteiger partial charge on any atom is -0.398 e. The smallest absolute Gasteiger partial charge is 0.150 e. The molecule has 3 heteroatoms. The van der Waals surface area contributed by atoms with Crippen molar-refractivity contribution in [1.29, 1.82) is 0 Å². The Morgan fingerprint density at radius 1 is 1.47 bits per heavy atom. The Hall–Kier alpha value is -1.35. The first kappa shape index (κ1) is 13.7. The van der Waals surface area contributed by atoms with E-state index in [1.807, 2.05) is 13.0 Å². The van der Waals surface area contributed by atoms with Gasteiger partial charge in [0, 0.05) is 17.3 Å². The van der Waals surface area contributed by atoms with Gasteiger partial charge in [-0.15, -0.1) is 0 Å². The average molecular weight is 234 g/mol. The van der Waals surface area contributed by atoms with Crippen molar-refractivity contribution < 1.29 is 4.79 Å². The molecule has 2 N–H and O–H groups in total. The summed E-state index contributed by atoms with van der Waals surface area (Å²) in [6, 6.07) is 4.03. The number of aldehydes is 1. The minimum atomic E-state index is 0.419. The Bertz CT molecular complexity index is 401. The van der Waals surface area contributed by atoms with Crippen LogP contribution >= 0.6 is 0 Å². The van der Waals surface area contributed by atoms with Crippen LogP contribution in [0.4, 0.5) is 5.69 Å². The quantitative estimate of drug-likeness (QED) is 0.628. The second kappa shape index (κ2) is 5.82. The van der Waals surface area contributed by atoms with Crippen molar-refractivity contribution in [1.82, 2.24) is 4.90 Å². The Labute approximate surface area is 104 Å². The summed E-state index contributed by atoms with van der Waals surface area (Å²) in [7, 11) is 2.10. The van der Waals surface area contributed by atoms with E-state index in [1.54, 1.807) is 6.07 Å². The molecule has 0 bridgehead atoms. The van der Waals surface area contributed by atoms with Gasteiger partial charge >= 0.3 is 0 Å². The van der Waals surface area contributed by atoms with Crippen LogP contribution in [0.5, 0.6) is 0 Å². The molecule has 94 valence electrons. The van der Waals surface area contributed by atoms with Crippen molar-refractivity contribution in [3.8, 4) is 0 Å². The summed E-state index contributed by atoms with van der Waals surface area (Å²) < 4.78 is 0. The fraction of sp³-hybridized carbons (Fsp3) is 0.500. The van der Waals surface area contributed by atoms with Gasteiger partial charge in [-0.25, -0.2) is 0 Å². The van der Waals surface area contributed by atoms with Gasteiger partial charge < -0.3 is 10.6 Å². The molecule has 0 heterocycles. The van der Waals surface area contributed by atoms with Gasteiger partial charge in [0.25, 0.3) is 0 Å². The zero-order valence-electron chi connectivity index (χ0n) is 11.2. The van der Waals surface area contributed by atoms with E-state index in [0.717, 1.165) is 41.6 Å². The lowest BCUT2D eigenvalue weighted by atomic mass is 9.96. The van der Waals surface area contributed by atoms with Crippen LogP contribution in [0.1, 0.15) is 35.3 Å². The molecule has 0 spiro atoms. The van der Waals surface area contributed by atoms with Gasteiger partial charge in [0.15, 0.2) is 0 Å². The van der Waals surface area contributed by atoms with Crippen molar-refractivity contribution in [3.63, 3.8) is 0 Å². The summed E-state index contributed by atoms with van der Waals surface area (Å²) in [6.07, 6.45) is 1.77. The van der Waals surface area contributed by atoms with E-state index in [0.29, 0.717) is 6.04 Å². The SMILES string of the molecule is CCN(C)C(C)Cc1c(N)ccc(C=O)c1C. The molecule has 0 radical (unpaired) electrons. The van der Waals surface area contributed by atoms with Crippen LogP contribution in [0.3, 0.4) is 0 Å². The van der Waals surface area contributed by atoms with E-state index in [-0.39, 0.29) is 0 Å². The van der Waals surface area contributed by atoms with E-state index < -0.39 is 0 Å². The van der Waals surface area contributed by atoms with Crippen molar-refractivity contribution in [2.45, 2.75) is 33.2 Å². The topological polar surface area (TPSA) is 46.3 Å². The number of hydrogen-bond donors (Lipinski definition) is 1. The molecule has 0 fully saturated rings. The number of anilines is 1. The van der Waals surface area contributed by atoms with Crippen LogP contribution in [0.25, 0.3) is 0 Å². The van der Waals surface area contributed by atoms with Crippen LogP contribution in [-0.2, 0) is 6.42 Å². The molecular weight excluding hydrogens is 212 g/mol. The fourth-order valence-corrected chi connectivity index (χ4v) is 1.96. The molecule has 0 aliphatic rings. The van der Waals surface area contributed by atoms with Crippen LogP contribution < -0.4 is 5.73 Å². The molecule has 0 aliphatic carbocycles. The summed E-state index contributed by atoms with van der Waals surface area (Å²) in [6.45, 7) is 7.28. The molecule has 3 nitrogen and oxygen atoms in total. The third kappa shape index (κ3) is 3.07. The Kier molecular flexibility index (Phi) is 4.70. The zero-order valence-corrected chi connectivity index (χ0v) is 11.2. The number of hydrogen-bond acceptors (Lipinski definition) is 3. The number of nitrogens with two attached hydrogens (primary N) is 1. The van der Waals surface area contributed by atoms with E-state index in [9.17, 15) is 4.79 Å². The van der Waals surface area contributed by atoms with E-state index in [1.165, 1.54) is 0 Å². The van der Waals surface area contributed by atoms with E-state index in [2.05, 4.69) is 25.8 Å². The van der Waals surface area contributed by atoms with Crippen LogP contribution in [0.2, 0.25) is 0 Å². The maximum absolute atomic E-state index is 10.9. The number of nitrogen functional groups attached to an aromatic ring is 1. The summed E-state index contributed by atoms with van der Waals surface area (Å²) in [5.74, 6) is 0. The van der Waals surface area contributed by atoms with Crippen molar-refractivity contribution >= 4 is 12.0 Å². The van der Waals surface area contributed by atoms with E-state index >= 15 is 0 Å². The number of rotatable bonds is 5. The normalized spacial score (nSPS) is 12.8. The lowest BCUT2D eigenvalue weighted by Crippen LogP contribution is -2.31. The van der Waals surface area contributed by atoms with Crippen LogP contribution in [0, 0.1) is 6.92 Å². The molecule has 0 aliphatic heterocycles. The summed E-state index contributed by atoms with van der Waals surface area (Å²) in [4.78, 5) is 13.2. The number of likely N-dealkylation sites (N-methyl/N-ethyl adjacent to an activating group) is 1. The first-order valence-corrected chi connectivity index (χ1v) is 6.04. The van der Waals surface area contributed by atoms with Crippen LogP contribution in [-0.4, -0.2) is 30.8 Å². The molecule has 1 rings (SSSR count). The Morgan fingerprint density at radius 2 is 2.12 bits per heavy atom. The van der Waals surface area contributed by atoms with E-state index in [4.69, 9.17) is 5.73 Å². The van der Waals surface area contributed by atoms with Gasteiger partial charge in [0.2, 0.25) is 0 Å². The highest BCUT2D eigenvalue weighted by Gasteiger charge is 2.13. The molecular formula is C14H22N2O. The van der Waals surface area contributed by atoms with Gasteiger partial charge in [-0.2, -0.15) is 0 Å². The van der Waals surface area contributed by atoms with Crippen molar-refractivity contribution in [3.05, 3.63) is 28.8 Å². The highest BCUT2D eigenvalue weighted by Crippen LogP contribution is 2.22. The molecule has 17 heavy (non-hydrogen) atoms. The molecule has 0 saturated heterocycles. The Balaban J connectivity index is 3.01. The van der Waals surface area contributed by atoms with Gasteiger partial charge in [0.05, 0.1) is 0 Å². The first-order chi connectivity index (χ1) is 8.01. The van der Waals surface area contributed by atoms with Crippen molar-refractivity contribution in [2.75, 3.05) is 19.3 Å². The molecule has 1 aromatic carbocycles. The molecule has 0 amide bonds. The lowest BCUT2D eigenvalue weighted by Gasteiger charge is -2.24. The monoisotopic (exact) mass is 234 g/mol. The molecule has 1 aromatic rings. The fourth-order valence-electron chi connectivity index (χ4n) is 1.96. The molecule has 1 unspecified atom stereocenters. The average Bonchev–Trinajstić information content (AvgIpc) is 2.33. The highest BCUT2D eigenvalue weighted by atomic mass is 16.1. The Morgan fingerprint density at radius 3 is 2.65 bits per heavy atom. The van der Waals surface area contributed by atoms with Gasteiger partial charge in [-0.3, -0.25) is 4.79 Å². The predicted octanol–water partition coefficient (Wildman–Crippen LogP) is 2.27. The maximum atomic E-state index is 10.9. The zero-order chi connectivity index (χ0) is 13.0.